The third kappa shape index (κ3) is 1.98. The fourth-order valence-electron chi connectivity index (χ4n) is 2.29. The van der Waals surface area contributed by atoms with Crippen LogP contribution in [0.1, 0.15) is 24.0 Å². The fraction of sp³-hybridized carbons (Fsp3) is 0.429. The zero-order valence-corrected chi connectivity index (χ0v) is 9.32. The first-order valence-electron chi connectivity index (χ1n) is 5.96. The van der Waals surface area contributed by atoms with E-state index < -0.39 is 0 Å². The summed E-state index contributed by atoms with van der Waals surface area (Å²) in [5.74, 6) is 0.997. The lowest BCUT2D eigenvalue weighted by Crippen LogP contribution is -2.25. The number of ether oxygens (including phenoxy) is 2. The largest absolute Gasteiger partial charge is 0.490 e. The van der Waals surface area contributed by atoms with Gasteiger partial charge >= 0.3 is 0 Å². The van der Waals surface area contributed by atoms with E-state index in [1.54, 1.807) is 0 Å². The normalized spacial score (nSPS) is 19.8. The minimum atomic E-state index is 0.331. The maximum absolute atomic E-state index is 5.97. The van der Waals surface area contributed by atoms with Gasteiger partial charge in [-0.25, -0.2) is 0 Å². The highest BCUT2D eigenvalue weighted by Gasteiger charge is 2.15. The van der Waals surface area contributed by atoms with E-state index in [1.807, 2.05) is 0 Å². The molecule has 1 fully saturated rings. The van der Waals surface area contributed by atoms with Gasteiger partial charge in [-0.15, -0.1) is 0 Å². The lowest BCUT2D eigenvalue weighted by atomic mass is 10.1. The van der Waals surface area contributed by atoms with Gasteiger partial charge in [0, 0.05) is 12.8 Å². The van der Waals surface area contributed by atoms with E-state index in [9.17, 15) is 0 Å². The summed E-state index contributed by atoms with van der Waals surface area (Å²) in [6.07, 6.45) is 7.78. The average Bonchev–Trinajstić information content (AvgIpc) is 2.77. The molecule has 16 heavy (non-hydrogen) atoms. The molecule has 2 aliphatic rings. The highest BCUT2D eigenvalue weighted by molar-refractivity contribution is 5.61. The van der Waals surface area contributed by atoms with E-state index in [0.717, 1.165) is 38.2 Å². The molecule has 1 heterocycles. The lowest BCUT2D eigenvalue weighted by Gasteiger charge is -2.23. The smallest absolute Gasteiger partial charge is 0.120 e. The van der Waals surface area contributed by atoms with Crippen LogP contribution < -0.4 is 4.74 Å². The second-order valence-electron chi connectivity index (χ2n) is 4.40. The van der Waals surface area contributed by atoms with Gasteiger partial charge in [0.1, 0.15) is 11.9 Å². The van der Waals surface area contributed by atoms with E-state index in [-0.39, 0.29) is 0 Å². The summed E-state index contributed by atoms with van der Waals surface area (Å²) in [5, 5.41) is 0. The van der Waals surface area contributed by atoms with Gasteiger partial charge in [0.2, 0.25) is 0 Å². The van der Waals surface area contributed by atoms with Gasteiger partial charge in [0.15, 0.2) is 0 Å². The Morgan fingerprint density at radius 2 is 2.06 bits per heavy atom. The van der Waals surface area contributed by atoms with Gasteiger partial charge in [-0.1, -0.05) is 18.2 Å². The number of hydrogen-bond acceptors (Lipinski definition) is 2. The molecule has 1 aromatic rings. The van der Waals surface area contributed by atoms with Crippen molar-refractivity contribution in [2.75, 3.05) is 13.2 Å². The van der Waals surface area contributed by atoms with E-state index in [0.29, 0.717) is 6.10 Å². The minimum absolute atomic E-state index is 0.331. The maximum atomic E-state index is 5.97. The molecule has 0 atom stereocenters. The van der Waals surface area contributed by atoms with Crippen molar-refractivity contribution < 1.29 is 9.47 Å². The first kappa shape index (κ1) is 9.91. The standard InChI is InChI=1S/C14H16O2/c1-2-11-4-5-14(10-12(11)3-1)16-13-6-8-15-9-7-13/h1,3-5,10,13H,2,6-9H2. The van der Waals surface area contributed by atoms with Gasteiger partial charge in [-0.05, 0) is 29.7 Å². The summed E-state index contributed by atoms with van der Waals surface area (Å²) in [6.45, 7) is 1.66. The van der Waals surface area contributed by atoms with E-state index >= 15 is 0 Å². The molecule has 3 rings (SSSR count). The molecule has 84 valence electrons. The van der Waals surface area contributed by atoms with Gasteiger partial charge in [0.05, 0.1) is 13.2 Å². The molecular formula is C14H16O2. The van der Waals surface area contributed by atoms with E-state index in [2.05, 4.69) is 30.4 Å². The summed E-state index contributed by atoms with van der Waals surface area (Å²) in [4.78, 5) is 0. The van der Waals surface area contributed by atoms with E-state index in [4.69, 9.17) is 9.47 Å². The molecule has 0 radical (unpaired) electrons. The molecule has 0 bridgehead atoms. The molecule has 0 N–H and O–H groups in total. The molecule has 0 amide bonds. The third-order valence-corrected chi connectivity index (χ3v) is 3.22. The maximum Gasteiger partial charge on any atom is 0.120 e. The van der Waals surface area contributed by atoms with Crippen LogP contribution in [0.25, 0.3) is 6.08 Å². The number of rotatable bonds is 2. The van der Waals surface area contributed by atoms with Crippen molar-refractivity contribution >= 4 is 6.08 Å². The Balaban J connectivity index is 1.72. The van der Waals surface area contributed by atoms with Gasteiger partial charge in [-0.3, -0.25) is 0 Å². The van der Waals surface area contributed by atoms with Crippen LogP contribution in [0.3, 0.4) is 0 Å². The molecule has 0 aromatic heterocycles. The second-order valence-corrected chi connectivity index (χ2v) is 4.40. The average molecular weight is 216 g/mol. The molecule has 1 saturated heterocycles. The van der Waals surface area contributed by atoms with Gasteiger partial charge < -0.3 is 9.47 Å². The lowest BCUT2D eigenvalue weighted by molar-refractivity contribution is 0.0255. The predicted molar refractivity (Wildman–Crippen MR) is 63.6 cm³/mol. The monoisotopic (exact) mass is 216 g/mol. The Labute approximate surface area is 95.9 Å². The highest BCUT2D eigenvalue weighted by Crippen LogP contribution is 2.26. The molecule has 0 unspecified atom stereocenters. The third-order valence-electron chi connectivity index (χ3n) is 3.22. The molecule has 1 aromatic carbocycles. The topological polar surface area (TPSA) is 18.5 Å². The van der Waals surface area contributed by atoms with Crippen molar-refractivity contribution in [3.63, 3.8) is 0 Å². The van der Waals surface area contributed by atoms with E-state index in [1.165, 1.54) is 11.1 Å². The van der Waals surface area contributed by atoms with Crippen molar-refractivity contribution in [2.24, 2.45) is 0 Å². The van der Waals surface area contributed by atoms with Crippen LogP contribution >= 0.6 is 0 Å². The van der Waals surface area contributed by atoms with Crippen LogP contribution in [0.15, 0.2) is 24.3 Å². The molecule has 2 heteroatoms. The Morgan fingerprint density at radius 1 is 1.19 bits per heavy atom. The highest BCUT2D eigenvalue weighted by atomic mass is 16.5. The Kier molecular flexibility index (Phi) is 2.66. The predicted octanol–water partition coefficient (Wildman–Crippen LogP) is 2.81. The molecule has 1 aliphatic heterocycles. The Morgan fingerprint density at radius 3 is 2.94 bits per heavy atom. The number of allylic oxidation sites excluding steroid dienone is 1. The van der Waals surface area contributed by atoms with Crippen molar-refractivity contribution in [1.29, 1.82) is 0 Å². The second kappa shape index (κ2) is 4.30. The van der Waals surface area contributed by atoms with Crippen LogP contribution in [0.2, 0.25) is 0 Å². The molecule has 0 spiro atoms. The zero-order chi connectivity index (χ0) is 10.8. The number of fused-ring (bicyclic) bond motifs is 1. The summed E-state index contributed by atoms with van der Waals surface area (Å²) in [5.41, 5.74) is 2.71. The summed E-state index contributed by atoms with van der Waals surface area (Å²) < 4.78 is 11.3. The van der Waals surface area contributed by atoms with Crippen molar-refractivity contribution in [3.05, 3.63) is 35.4 Å². The van der Waals surface area contributed by atoms with Crippen molar-refractivity contribution in [1.82, 2.24) is 0 Å². The number of benzene rings is 1. The van der Waals surface area contributed by atoms with Crippen LogP contribution in [-0.4, -0.2) is 19.3 Å². The van der Waals surface area contributed by atoms with Crippen LogP contribution in [0, 0.1) is 0 Å². The molecular weight excluding hydrogens is 200 g/mol. The Hall–Kier alpha value is -1.28. The van der Waals surface area contributed by atoms with Crippen molar-refractivity contribution in [3.8, 4) is 5.75 Å². The van der Waals surface area contributed by atoms with Crippen LogP contribution in [-0.2, 0) is 11.2 Å². The van der Waals surface area contributed by atoms with Crippen LogP contribution in [0.5, 0.6) is 5.75 Å². The van der Waals surface area contributed by atoms with Gasteiger partial charge in [-0.2, -0.15) is 0 Å². The van der Waals surface area contributed by atoms with Gasteiger partial charge in [0.25, 0.3) is 0 Å². The quantitative estimate of drug-likeness (QED) is 0.756. The Bertz CT molecular complexity index is 403. The summed E-state index contributed by atoms with van der Waals surface area (Å²) in [6, 6.07) is 6.40. The fourth-order valence-corrected chi connectivity index (χ4v) is 2.29. The summed E-state index contributed by atoms with van der Waals surface area (Å²) >= 11 is 0. The molecule has 2 nitrogen and oxygen atoms in total. The van der Waals surface area contributed by atoms with Crippen molar-refractivity contribution in [2.45, 2.75) is 25.4 Å². The SMILES string of the molecule is C1=Cc2cc(OC3CCOCC3)ccc2C1. The first-order chi connectivity index (χ1) is 7.92. The first-order valence-corrected chi connectivity index (χ1v) is 5.96. The summed E-state index contributed by atoms with van der Waals surface area (Å²) in [7, 11) is 0. The molecule has 1 aliphatic carbocycles. The number of hydrogen-bond donors (Lipinski definition) is 0. The minimum Gasteiger partial charge on any atom is -0.490 e. The zero-order valence-electron chi connectivity index (χ0n) is 9.32. The van der Waals surface area contributed by atoms with Crippen LogP contribution in [0.4, 0.5) is 0 Å². The molecule has 0 saturated carbocycles.